The van der Waals surface area contributed by atoms with Crippen molar-refractivity contribution in [2.45, 2.75) is 25.8 Å². The van der Waals surface area contributed by atoms with Crippen LogP contribution in [0.2, 0.25) is 0 Å². The SMILES string of the molecule is [B]c1ccccc1CN1CCCCC1. The van der Waals surface area contributed by atoms with Crippen molar-refractivity contribution in [2.75, 3.05) is 13.1 Å². The van der Waals surface area contributed by atoms with Gasteiger partial charge in [-0.25, -0.2) is 0 Å². The van der Waals surface area contributed by atoms with Crippen LogP contribution in [0.3, 0.4) is 0 Å². The molecule has 1 saturated heterocycles. The first-order chi connectivity index (χ1) is 6.86. The largest absolute Gasteiger partial charge is 0.299 e. The molecule has 2 heteroatoms. The number of piperidine rings is 1. The number of rotatable bonds is 2. The molecule has 1 aromatic rings. The summed E-state index contributed by atoms with van der Waals surface area (Å²) in [6, 6.07) is 8.17. The van der Waals surface area contributed by atoms with Crippen LogP contribution in [0.5, 0.6) is 0 Å². The Kier molecular flexibility index (Phi) is 3.25. The molecule has 0 N–H and O–H groups in total. The van der Waals surface area contributed by atoms with E-state index in [4.69, 9.17) is 7.85 Å². The lowest BCUT2D eigenvalue weighted by Gasteiger charge is -2.27. The van der Waals surface area contributed by atoms with Crippen LogP contribution in [-0.4, -0.2) is 25.8 Å². The van der Waals surface area contributed by atoms with Crippen molar-refractivity contribution in [1.29, 1.82) is 0 Å². The number of nitrogens with zero attached hydrogens (tertiary/aromatic N) is 1. The highest BCUT2D eigenvalue weighted by atomic mass is 15.1. The lowest BCUT2D eigenvalue weighted by molar-refractivity contribution is 0.221. The summed E-state index contributed by atoms with van der Waals surface area (Å²) < 4.78 is 0. The van der Waals surface area contributed by atoms with Crippen molar-refractivity contribution in [3.8, 4) is 0 Å². The molecule has 0 atom stereocenters. The van der Waals surface area contributed by atoms with Crippen LogP contribution < -0.4 is 5.46 Å². The van der Waals surface area contributed by atoms with Gasteiger partial charge in [0.05, 0.1) is 0 Å². The Labute approximate surface area is 87.5 Å². The quantitative estimate of drug-likeness (QED) is 0.630. The molecule has 72 valence electrons. The number of hydrogen-bond donors (Lipinski definition) is 0. The fraction of sp³-hybridized carbons (Fsp3) is 0.500. The van der Waals surface area contributed by atoms with E-state index in [9.17, 15) is 0 Å². The summed E-state index contributed by atoms with van der Waals surface area (Å²) in [5.74, 6) is 0. The van der Waals surface area contributed by atoms with E-state index >= 15 is 0 Å². The van der Waals surface area contributed by atoms with Crippen molar-refractivity contribution in [3.63, 3.8) is 0 Å². The van der Waals surface area contributed by atoms with Gasteiger partial charge in [-0.05, 0) is 31.5 Å². The summed E-state index contributed by atoms with van der Waals surface area (Å²) >= 11 is 0. The summed E-state index contributed by atoms with van der Waals surface area (Å²) in [4.78, 5) is 2.50. The van der Waals surface area contributed by atoms with E-state index in [1.807, 2.05) is 12.1 Å². The predicted octanol–water partition coefficient (Wildman–Crippen LogP) is 1.47. The van der Waals surface area contributed by atoms with Gasteiger partial charge in [-0.1, -0.05) is 36.1 Å². The third-order valence-electron chi connectivity index (χ3n) is 2.90. The molecule has 2 rings (SSSR count). The fourth-order valence-electron chi connectivity index (χ4n) is 2.04. The molecule has 0 saturated carbocycles. The monoisotopic (exact) mass is 185 g/mol. The van der Waals surface area contributed by atoms with Gasteiger partial charge in [0, 0.05) is 6.54 Å². The minimum atomic E-state index is 0.929. The van der Waals surface area contributed by atoms with Crippen LogP contribution in [0.25, 0.3) is 0 Å². The molecule has 0 amide bonds. The minimum absolute atomic E-state index is 0.929. The second-order valence-electron chi connectivity index (χ2n) is 4.04. The van der Waals surface area contributed by atoms with E-state index in [1.54, 1.807) is 0 Å². The van der Waals surface area contributed by atoms with Crippen molar-refractivity contribution >= 4 is 13.3 Å². The maximum absolute atomic E-state index is 5.91. The van der Waals surface area contributed by atoms with Crippen molar-refractivity contribution in [1.82, 2.24) is 4.90 Å². The van der Waals surface area contributed by atoms with Gasteiger partial charge in [-0.3, -0.25) is 4.90 Å². The highest BCUT2D eigenvalue weighted by molar-refractivity contribution is 6.33. The lowest BCUT2D eigenvalue weighted by Crippen LogP contribution is -2.31. The fourth-order valence-corrected chi connectivity index (χ4v) is 2.04. The zero-order valence-electron chi connectivity index (χ0n) is 8.58. The highest BCUT2D eigenvalue weighted by Gasteiger charge is 2.10. The minimum Gasteiger partial charge on any atom is -0.299 e. The smallest absolute Gasteiger partial charge is 0.114 e. The Morgan fingerprint density at radius 1 is 1.07 bits per heavy atom. The first-order valence-corrected chi connectivity index (χ1v) is 5.42. The van der Waals surface area contributed by atoms with Crippen LogP contribution in [0.15, 0.2) is 24.3 Å². The summed E-state index contributed by atoms with van der Waals surface area (Å²) in [7, 11) is 5.91. The number of benzene rings is 1. The van der Waals surface area contributed by atoms with E-state index in [1.165, 1.54) is 37.9 Å². The van der Waals surface area contributed by atoms with Gasteiger partial charge < -0.3 is 0 Å². The molecule has 1 fully saturated rings. The predicted molar refractivity (Wildman–Crippen MR) is 61.0 cm³/mol. The first kappa shape index (κ1) is 9.79. The molecule has 1 aliphatic rings. The van der Waals surface area contributed by atoms with Gasteiger partial charge >= 0.3 is 0 Å². The van der Waals surface area contributed by atoms with E-state index < -0.39 is 0 Å². The summed E-state index contributed by atoms with van der Waals surface area (Å²) in [6.07, 6.45) is 4.07. The molecule has 0 bridgehead atoms. The third kappa shape index (κ3) is 2.39. The van der Waals surface area contributed by atoms with E-state index in [-0.39, 0.29) is 0 Å². The Hall–Kier alpha value is -0.755. The maximum Gasteiger partial charge on any atom is 0.114 e. The molecule has 14 heavy (non-hydrogen) atoms. The van der Waals surface area contributed by atoms with Gasteiger partial charge in [0.2, 0.25) is 0 Å². The molecule has 0 aromatic heterocycles. The zero-order valence-corrected chi connectivity index (χ0v) is 8.58. The first-order valence-electron chi connectivity index (χ1n) is 5.42. The average Bonchev–Trinajstić information content (AvgIpc) is 2.23. The van der Waals surface area contributed by atoms with Crippen molar-refractivity contribution < 1.29 is 0 Å². The Balaban J connectivity index is 1.99. The molecule has 2 radical (unpaired) electrons. The van der Waals surface area contributed by atoms with Crippen molar-refractivity contribution in [3.05, 3.63) is 29.8 Å². The van der Waals surface area contributed by atoms with Gasteiger partial charge in [0.1, 0.15) is 7.85 Å². The summed E-state index contributed by atoms with van der Waals surface area (Å²) in [6.45, 7) is 3.48. The third-order valence-corrected chi connectivity index (χ3v) is 2.90. The molecule has 0 unspecified atom stereocenters. The van der Waals surface area contributed by atoms with E-state index in [2.05, 4.69) is 17.0 Å². The topological polar surface area (TPSA) is 3.24 Å². The molecule has 0 spiro atoms. The Morgan fingerprint density at radius 2 is 1.79 bits per heavy atom. The van der Waals surface area contributed by atoms with E-state index in [0.29, 0.717) is 0 Å². The maximum atomic E-state index is 5.91. The molecule has 1 heterocycles. The van der Waals surface area contributed by atoms with Crippen LogP contribution in [-0.2, 0) is 6.54 Å². The second kappa shape index (κ2) is 4.65. The van der Waals surface area contributed by atoms with Crippen LogP contribution in [0.4, 0.5) is 0 Å². The highest BCUT2D eigenvalue weighted by Crippen LogP contribution is 2.11. The Morgan fingerprint density at radius 3 is 2.50 bits per heavy atom. The number of likely N-dealkylation sites (tertiary alicyclic amines) is 1. The summed E-state index contributed by atoms with van der Waals surface area (Å²) in [5.41, 5.74) is 2.20. The van der Waals surface area contributed by atoms with Gasteiger partial charge in [0.25, 0.3) is 0 Å². The molecule has 0 aliphatic carbocycles. The lowest BCUT2D eigenvalue weighted by atomic mass is 9.90. The molecular formula is C12H16BN. The van der Waals surface area contributed by atoms with Gasteiger partial charge in [0.15, 0.2) is 0 Å². The second-order valence-corrected chi connectivity index (χ2v) is 4.04. The van der Waals surface area contributed by atoms with Crippen LogP contribution >= 0.6 is 0 Å². The van der Waals surface area contributed by atoms with Gasteiger partial charge in [-0.15, -0.1) is 0 Å². The van der Waals surface area contributed by atoms with Crippen molar-refractivity contribution in [2.24, 2.45) is 0 Å². The standard InChI is InChI=1S/C12H16BN/c13-12-7-3-2-6-11(12)10-14-8-4-1-5-9-14/h2-3,6-7H,1,4-5,8-10H2. The van der Waals surface area contributed by atoms with Crippen LogP contribution in [0, 0.1) is 0 Å². The average molecular weight is 185 g/mol. The van der Waals surface area contributed by atoms with E-state index in [0.717, 1.165) is 12.0 Å². The molecule has 1 aliphatic heterocycles. The molecular weight excluding hydrogens is 169 g/mol. The number of hydrogen-bond acceptors (Lipinski definition) is 1. The molecule has 1 aromatic carbocycles. The normalized spacial score (nSPS) is 18.3. The van der Waals surface area contributed by atoms with Crippen LogP contribution in [0.1, 0.15) is 24.8 Å². The van der Waals surface area contributed by atoms with Gasteiger partial charge in [-0.2, -0.15) is 0 Å². The summed E-state index contributed by atoms with van der Waals surface area (Å²) in [5, 5.41) is 0. The molecule has 1 nitrogen and oxygen atoms in total. The Bertz CT molecular complexity index is 292. The zero-order chi connectivity index (χ0) is 9.80.